The highest BCUT2D eigenvalue weighted by Gasteiger charge is 2.25. The summed E-state index contributed by atoms with van der Waals surface area (Å²) in [6.07, 6.45) is 16.9. The first-order valence-corrected chi connectivity index (χ1v) is 22.1. The molecule has 0 spiro atoms. The van der Waals surface area contributed by atoms with Crippen LogP contribution >= 0.6 is 23.2 Å². The summed E-state index contributed by atoms with van der Waals surface area (Å²) in [7, 11) is 0. The topological polar surface area (TPSA) is 71.1 Å². The number of fused-ring (bicyclic) bond motifs is 4. The maximum Gasteiger partial charge on any atom is 0.513 e. The Hall–Kier alpha value is -4.52. The van der Waals surface area contributed by atoms with E-state index in [1.54, 1.807) is 12.1 Å². The predicted octanol–water partition coefficient (Wildman–Crippen LogP) is 16.6. The molecule has 6 aromatic rings. The van der Waals surface area contributed by atoms with Crippen molar-refractivity contribution in [1.29, 1.82) is 0 Å². The fourth-order valence-electron chi connectivity index (χ4n) is 7.99. The Morgan fingerprint density at radius 3 is 1.12 bits per heavy atom. The monoisotopic (exact) mass is 822 g/mol. The largest absolute Gasteiger partial charge is 0.513 e. The van der Waals surface area contributed by atoms with Crippen molar-refractivity contribution in [1.82, 2.24) is 0 Å². The van der Waals surface area contributed by atoms with Crippen molar-refractivity contribution in [2.75, 3.05) is 13.2 Å². The zero-order valence-electron chi connectivity index (χ0n) is 34.0. The van der Waals surface area contributed by atoms with E-state index in [-0.39, 0.29) is 0 Å². The molecule has 0 N–H and O–H groups in total. The van der Waals surface area contributed by atoms with Crippen molar-refractivity contribution < 1.29 is 28.5 Å². The summed E-state index contributed by atoms with van der Waals surface area (Å²) < 4.78 is 23.4. The van der Waals surface area contributed by atoms with Crippen molar-refractivity contribution in [3.05, 3.63) is 95.0 Å². The second-order valence-corrected chi connectivity index (χ2v) is 16.1. The van der Waals surface area contributed by atoms with Crippen LogP contribution in [0, 0.1) is 0 Å². The van der Waals surface area contributed by atoms with Gasteiger partial charge in [-0.2, -0.15) is 0 Å². The summed E-state index contributed by atoms with van der Waals surface area (Å²) in [6, 6.07) is 26.9. The van der Waals surface area contributed by atoms with Crippen LogP contribution in [0.15, 0.2) is 84.9 Å². The SMILES string of the molecule is CCCCCCCCCCOC(=O)Oc1c2ccccc2c(-c2c3ccccc3c(OC(=O)OCCCCCCCCCC)c3ccc(Cl)cc23)c2cc(Cl)ccc12. The number of unbranched alkanes of at least 4 members (excludes halogenated alkanes) is 14. The molecule has 0 aliphatic carbocycles. The molecule has 6 aromatic carbocycles. The van der Waals surface area contributed by atoms with Gasteiger partial charge in [-0.1, -0.05) is 175 Å². The molecule has 0 aliphatic rings. The van der Waals surface area contributed by atoms with E-state index in [0.717, 1.165) is 82.0 Å². The van der Waals surface area contributed by atoms with Crippen molar-refractivity contribution in [2.24, 2.45) is 0 Å². The van der Waals surface area contributed by atoms with Crippen LogP contribution in [0.2, 0.25) is 10.0 Å². The first-order valence-electron chi connectivity index (χ1n) is 21.4. The van der Waals surface area contributed by atoms with Crippen LogP contribution in [0.3, 0.4) is 0 Å². The maximum atomic E-state index is 13.3. The highest BCUT2D eigenvalue weighted by Crippen LogP contribution is 2.50. The molecule has 0 saturated carbocycles. The normalized spacial score (nSPS) is 11.4. The fraction of sp³-hybridized carbons (Fsp3) is 0.400. The molecule has 6 nitrogen and oxygen atoms in total. The van der Waals surface area contributed by atoms with E-state index in [9.17, 15) is 9.59 Å². The lowest BCUT2D eigenvalue weighted by Crippen LogP contribution is -2.12. The number of hydrogen-bond acceptors (Lipinski definition) is 6. The Balaban J connectivity index is 1.33. The van der Waals surface area contributed by atoms with Crippen molar-refractivity contribution >= 4 is 78.6 Å². The van der Waals surface area contributed by atoms with E-state index in [1.807, 2.05) is 72.8 Å². The van der Waals surface area contributed by atoms with E-state index in [0.29, 0.717) is 45.5 Å². The number of hydrogen-bond donors (Lipinski definition) is 0. The molecule has 0 radical (unpaired) electrons. The Labute approximate surface area is 353 Å². The summed E-state index contributed by atoms with van der Waals surface area (Å²) in [4.78, 5) is 26.5. The molecule has 0 fully saturated rings. The van der Waals surface area contributed by atoms with Crippen molar-refractivity contribution in [2.45, 2.75) is 117 Å². The van der Waals surface area contributed by atoms with Gasteiger partial charge in [0.25, 0.3) is 0 Å². The van der Waals surface area contributed by atoms with Gasteiger partial charge in [-0.05, 0) is 81.9 Å². The molecule has 0 atom stereocenters. The van der Waals surface area contributed by atoms with Gasteiger partial charge in [0.2, 0.25) is 0 Å². The number of carbonyl (C=O) groups excluding carboxylic acids is 2. The lowest BCUT2D eigenvalue weighted by atomic mass is 9.85. The molecule has 8 heteroatoms. The third-order valence-electron chi connectivity index (χ3n) is 10.9. The van der Waals surface area contributed by atoms with Gasteiger partial charge in [-0.3, -0.25) is 0 Å². The van der Waals surface area contributed by atoms with Crippen molar-refractivity contribution in [3.8, 4) is 22.6 Å². The molecular weight excluding hydrogens is 767 g/mol. The highest BCUT2D eigenvalue weighted by molar-refractivity contribution is 6.34. The average molecular weight is 824 g/mol. The number of carbonyl (C=O) groups is 2. The van der Waals surface area contributed by atoms with E-state index in [1.165, 1.54) is 64.2 Å². The average Bonchev–Trinajstić information content (AvgIpc) is 3.23. The second-order valence-electron chi connectivity index (χ2n) is 15.2. The van der Waals surface area contributed by atoms with Crippen LogP contribution in [0.1, 0.15) is 117 Å². The third kappa shape index (κ3) is 10.9. The fourth-order valence-corrected chi connectivity index (χ4v) is 8.33. The first kappa shape index (κ1) is 43.1. The van der Waals surface area contributed by atoms with Crippen LogP contribution in [-0.4, -0.2) is 25.5 Å². The second kappa shape index (κ2) is 22.0. The van der Waals surface area contributed by atoms with Gasteiger partial charge >= 0.3 is 12.3 Å². The number of halogens is 2. The number of ether oxygens (including phenoxy) is 4. The van der Waals surface area contributed by atoms with E-state index in [4.69, 9.17) is 42.1 Å². The van der Waals surface area contributed by atoms with E-state index in [2.05, 4.69) is 13.8 Å². The predicted molar refractivity (Wildman–Crippen MR) is 241 cm³/mol. The van der Waals surface area contributed by atoms with Crippen LogP contribution in [0.4, 0.5) is 9.59 Å². The zero-order valence-corrected chi connectivity index (χ0v) is 35.5. The molecule has 0 unspecified atom stereocenters. The molecule has 0 bridgehead atoms. The smallest absolute Gasteiger partial charge is 0.434 e. The van der Waals surface area contributed by atoms with Crippen LogP contribution < -0.4 is 9.47 Å². The van der Waals surface area contributed by atoms with E-state index < -0.39 is 12.3 Å². The van der Waals surface area contributed by atoms with Gasteiger partial charge in [-0.15, -0.1) is 0 Å². The molecular formula is C50H56Cl2O6. The Morgan fingerprint density at radius 1 is 0.414 bits per heavy atom. The van der Waals surface area contributed by atoms with Crippen molar-refractivity contribution in [3.63, 3.8) is 0 Å². The van der Waals surface area contributed by atoms with E-state index >= 15 is 0 Å². The number of benzene rings is 6. The maximum absolute atomic E-state index is 13.3. The highest BCUT2D eigenvalue weighted by atomic mass is 35.5. The summed E-state index contributed by atoms with van der Waals surface area (Å²) >= 11 is 13.5. The lowest BCUT2D eigenvalue weighted by molar-refractivity contribution is 0.0972. The Kier molecular flexibility index (Phi) is 16.3. The van der Waals surface area contributed by atoms with Crippen LogP contribution in [0.5, 0.6) is 11.5 Å². The molecule has 0 amide bonds. The van der Waals surface area contributed by atoms with Gasteiger partial charge in [0.1, 0.15) is 11.5 Å². The molecule has 0 heterocycles. The van der Waals surface area contributed by atoms with Gasteiger partial charge in [0.15, 0.2) is 0 Å². The first-order chi connectivity index (χ1) is 28.4. The summed E-state index contributed by atoms with van der Waals surface area (Å²) in [5.74, 6) is 0.801. The van der Waals surface area contributed by atoms with Crippen LogP contribution in [0.25, 0.3) is 54.2 Å². The quantitative estimate of drug-likeness (QED) is 0.0312. The minimum absolute atomic E-state index is 0.299. The van der Waals surface area contributed by atoms with Gasteiger partial charge in [0, 0.05) is 31.6 Å². The molecule has 0 aliphatic heterocycles. The third-order valence-corrected chi connectivity index (χ3v) is 11.4. The summed E-state index contributed by atoms with van der Waals surface area (Å²) in [6.45, 7) is 5.04. The lowest BCUT2D eigenvalue weighted by Gasteiger charge is -2.21. The Morgan fingerprint density at radius 2 is 0.741 bits per heavy atom. The molecule has 306 valence electrons. The van der Waals surface area contributed by atoms with Gasteiger partial charge < -0.3 is 18.9 Å². The minimum Gasteiger partial charge on any atom is -0.434 e. The molecule has 0 aromatic heterocycles. The molecule has 6 rings (SSSR count). The Bertz CT molecular complexity index is 2160. The molecule has 58 heavy (non-hydrogen) atoms. The van der Waals surface area contributed by atoms with Gasteiger partial charge in [-0.25, -0.2) is 9.59 Å². The summed E-state index contributed by atoms with van der Waals surface area (Å²) in [5.41, 5.74) is 1.75. The molecule has 0 saturated heterocycles. The van der Waals surface area contributed by atoms with Gasteiger partial charge in [0.05, 0.1) is 13.2 Å². The minimum atomic E-state index is -0.740. The summed E-state index contributed by atoms with van der Waals surface area (Å²) in [5, 5.41) is 7.17. The zero-order chi connectivity index (χ0) is 40.7. The van der Waals surface area contributed by atoms with Crippen LogP contribution in [-0.2, 0) is 9.47 Å². The number of rotatable bonds is 21. The standard InChI is InChI=1S/C50H56Cl2O6/c1-3-5-7-9-11-13-15-21-31-55-49(53)57-47-39-25-19-17-23-37(39)45(43-33-35(51)27-29-41(43)47)46-38-24-18-20-26-40(38)48(42-30-28-36(52)34-44(42)46)58-50(54)56-32-22-16-14-12-10-8-6-4-2/h17-20,23-30,33-34H,3-16,21-22,31-32H2,1-2H3.